The van der Waals surface area contributed by atoms with Crippen LogP contribution in [0.1, 0.15) is 17.7 Å². The van der Waals surface area contributed by atoms with Crippen molar-refractivity contribution >= 4 is 45.0 Å². The molecule has 31 heavy (non-hydrogen) atoms. The Morgan fingerprint density at radius 3 is 2.71 bits per heavy atom. The number of imide groups is 1. The number of carbonyl (C=O) groups is 2. The predicted molar refractivity (Wildman–Crippen MR) is 117 cm³/mol. The number of fused-ring (bicyclic) bond motifs is 1. The summed E-state index contributed by atoms with van der Waals surface area (Å²) < 4.78 is 21.0. The number of amides is 2. The number of carbonyl (C=O) groups excluding carboxylic acids is 2. The largest absolute Gasteiger partial charge is 0.485 e. The van der Waals surface area contributed by atoms with Crippen LogP contribution in [0.4, 0.5) is 4.39 Å². The Hall–Kier alpha value is -2.55. The van der Waals surface area contributed by atoms with E-state index in [0.29, 0.717) is 17.3 Å². The monoisotopic (exact) mass is 459 g/mol. The molecule has 3 aromatic rings. The zero-order valence-electron chi connectivity index (χ0n) is 16.4. The first-order valence-electron chi connectivity index (χ1n) is 10.0. The number of halogens is 2. The van der Waals surface area contributed by atoms with Crippen molar-refractivity contribution in [3.63, 3.8) is 0 Å². The van der Waals surface area contributed by atoms with Crippen LogP contribution in [0, 0.1) is 0 Å². The number of benzene rings is 1. The van der Waals surface area contributed by atoms with Crippen LogP contribution in [-0.2, 0) is 16.1 Å². The van der Waals surface area contributed by atoms with Crippen LogP contribution in [0.5, 0.6) is 5.75 Å². The van der Waals surface area contributed by atoms with Crippen LogP contribution in [0.2, 0.25) is 5.02 Å². The predicted octanol–water partition coefficient (Wildman–Crippen LogP) is 3.95. The van der Waals surface area contributed by atoms with E-state index in [0.717, 1.165) is 26.2 Å². The number of alkyl halides is 1. The fraction of sp³-hybridized carbons (Fsp3) is 0.318. The second-order valence-corrected chi connectivity index (χ2v) is 9.20. The van der Waals surface area contributed by atoms with Crippen molar-refractivity contribution in [3.8, 4) is 16.9 Å². The standard InChI is InChI=1S/C22H19ClFN3O3S/c23-12-1-2-18(30-19-10-25-9-16(19)24)15(7-12)14-5-6-26-17-8-13(31-22(14)17)11-27-20(28)3-4-21(27)29/h1-2,5-8,16,19,25H,3-4,9-11H2/t16-,19+/m0/s1. The van der Waals surface area contributed by atoms with E-state index in [-0.39, 0.29) is 37.7 Å². The second-order valence-electron chi connectivity index (χ2n) is 7.63. The Labute approximate surface area is 187 Å². The number of hydrogen-bond acceptors (Lipinski definition) is 6. The molecule has 2 amide bonds. The van der Waals surface area contributed by atoms with Gasteiger partial charge in [0.15, 0.2) is 6.17 Å². The topological polar surface area (TPSA) is 71.5 Å². The van der Waals surface area contributed by atoms with Crippen molar-refractivity contribution in [2.75, 3.05) is 13.1 Å². The van der Waals surface area contributed by atoms with Gasteiger partial charge in [-0.05, 0) is 30.3 Å². The minimum absolute atomic E-state index is 0.146. The molecule has 6 nitrogen and oxygen atoms in total. The maximum Gasteiger partial charge on any atom is 0.230 e. The average Bonchev–Trinajstić information content (AvgIpc) is 3.44. The molecule has 160 valence electrons. The number of rotatable bonds is 5. The van der Waals surface area contributed by atoms with E-state index in [4.69, 9.17) is 16.3 Å². The van der Waals surface area contributed by atoms with Gasteiger partial charge in [-0.15, -0.1) is 11.3 Å². The Kier molecular flexibility index (Phi) is 5.37. The Morgan fingerprint density at radius 2 is 1.97 bits per heavy atom. The highest BCUT2D eigenvalue weighted by Crippen LogP contribution is 2.40. The Morgan fingerprint density at radius 1 is 1.16 bits per heavy atom. The molecule has 0 spiro atoms. The molecule has 2 fully saturated rings. The van der Waals surface area contributed by atoms with Crippen molar-refractivity contribution in [1.29, 1.82) is 0 Å². The third kappa shape index (κ3) is 3.91. The summed E-state index contributed by atoms with van der Waals surface area (Å²) in [6, 6.07) is 9.04. The number of pyridine rings is 1. The molecule has 4 heterocycles. The van der Waals surface area contributed by atoms with E-state index in [1.807, 2.05) is 12.1 Å². The Balaban J connectivity index is 1.53. The number of aromatic nitrogens is 1. The van der Waals surface area contributed by atoms with Gasteiger partial charge in [0.2, 0.25) is 11.8 Å². The molecule has 2 aromatic heterocycles. The van der Waals surface area contributed by atoms with Gasteiger partial charge in [0.05, 0.1) is 16.8 Å². The summed E-state index contributed by atoms with van der Waals surface area (Å²) in [5, 5.41) is 3.53. The summed E-state index contributed by atoms with van der Waals surface area (Å²) in [4.78, 5) is 30.6. The molecule has 0 radical (unpaired) electrons. The molecule has 1 aromatic carbocycles. The van der Waals surface area contributed by atoms with E-state index >= 15 is 0 Å². The summed E-state index contributed by atoms with van der Waals surface area (Å²) in [6.07, 6.45) is 0.581. The third-order valence-electron chi connectivity index (χ3n) is 5.53. The molecular weight excluding hydrogens is 441 g/mol. The lowest BCUT2D eigenvalue weighted by Crippen LogP contribution is -2.27. The summed E-state index contributed by atoms with van der Waals surface area (Å²) in [5.74, 6) is 0.257. The molecule has 1 N–H and O–H groups in total. The van der Waals surface area contributed by atoms with E-state index in [9.17, 15) is 14.0 Å². The highest BCUT2D eigenvalue weighted by Gasteiger charge is 2.30. The Bertz CT molecular complexity index is 1170. The first-order chi connectivity index (χ1) is 15.0. The van der Waals surface area contributed by atoms with Crippen LogP contribution in [0.25, 0.3) is 21.3 Å². The van der Waals surface area contributed by atoms with Crippen LogP contribution in [-0.4, -0.2) is 47.1 Å². The zero-order valence-corrected chi connectivity index (χ0v) is 18.0. The maximum absolute atomic E-state index is 14.1. The fourth-order valence-electron chi connectivity index (χ4n) is 3.95. The van der Waals surface area contributed by atoms with Crippen molar-refractivity contribution in [1.82, 2.24) is 15.2 Å². The number of thiophene rings is 1. The summed E-state index contributed by atoms with van der Waals surface area (Å²) in [6.45, 7) is 0.958. The minimum Gasteiger partial charge on any atom is -0.485 e. The third-order valence-corrected chi connectivity index (χ3v) is 6.91. The quantitative estimate of drug-likeness (QED) is 0.585. The molecule has 5 rings (SSSR count). The van der Waals surface area contributed by atoms with Crippen molar-refractivity contribution < 1.29 is 18.7 Å². The van der Waals surface area contributed by atoms with Gasteiger partial charge in [0, 0.05) is 53.2 Å². The van der Waals surface area contributed by atoms with Crippen LogP contribution >= 0.6 is 22.9 Å². The smallest absolute Gasteiger partial charge is 0.230 e. The molecule has 2 aliphatic rings. The number of nitrogens with zero attached hydrogens (tertiary/aromatic N) is 2. The lowest BCUT2D eigenvalue weighted by Gasteiger charge is -2.18. The highest BCUT2D eigenvalue weighted by molar-refractivity contribution is 7.19. The van der Waals surface area contributed by atoms with Crippen LogP contribution in [0.15, 0.2) is 36.5 Å². The van der Waals surface area contributed by atoms with E-state index in [2.05, 4.69) is 10.3 Å². The zero-order chi connectivity index (χ0) is 21.5. The van der Waals surface area contributed by atoms with Gasteiger partial charge in [-0.25, -0.2) is 4.39 Å². The highest BCUT2D eigenvalue weighted by atomic mass is 35.5. The molecular formula is C22H19ClFN3O3S. The van der Waals surface area contributed by atoms with Gasteiger partial charge in [-0.2, -0.15) is 0 Å². The van der Waals surface area contributed by atoms with Gasteiger partial charge < -0.3 is 10.1 Å². The minimum atomic E-state index is -1.08. The van der Waals surface area contributed by atoms with E-state index in [1.165, 1.54) is 16.2 Å². The van der Waals surface area contributed by atoms with E-state index in [1.54, 1.807) is 24.4 Å². The molecule has 0 aliphatic carbocycles. The molecule has 0 saturated carbocycles. The normalized spacial score (nSPS) is 21.4. The van der Waals surface area contributed by atoms with Crippen molar-refractivity contribution in [2.45, 2.75) is 31.7 Å². The molecule has 2 atom stereocenters. The SMILES string of the molecule is O=C1CCC(=O)N1Cc1cc2nccc(-c3cc(Cl)ccc3O[C@@H]3CNC[C@@H]3F)c2s1. The lowest BCUT2D eigenvalue weighted by atomic mass is 10.0. The van der Waals surface area contributed by atoms with Crippen LogP contribution in [0.3, 0.4) is 0 Å². The summed E-state index contributed by atoms with van der Waals surface area (Å²) in [5.41, 5.74) is 2.37. The number of hydrogen-bond donors (Lipinski definition) is 1. The first kappa shape index (κ1) is 20.4. The number of ether oxygens (including phenoxy) is 1. The van der Waals surface area contributed by atoms with Gasteiger partial charge >= 0.3 is 0 Å². The van der Waals surface area contributed by atoms with Gasteiger partial charge in [0.25, 0.3) is 0 Å². The number of nitrogens with one attached hydrogen (secondary N) is 1. The van der Waals surface area contributed by atoms with Crippen molar-refractivity contribution in [2.24, 2.45) is 0 Å². The molecule has 2 saturated heterocycles. The fourth-order valence-corrected chi connectivity index (χ4v) is 5.25. The average molecular weight is 460 g/mol. The lowest BCUT2D eigenvalue weighted by molar-refractivity contribution is -0.138. The van der Waals surface area contributed by atoms with Gasteiger partial charge in [0.1, 0.15) is 11.9 Å². The molecule has 0 unspecified atom stereocenters. The van der Waals surface area contributed by atoms with E-state index < -0.39 is 12.3 Å². The summed E-state index contributed by atoms with van der Waals surface area (Å²) in [7, 11) is 0. The maximum atomic E-state index is 14.1. The molecule has 9 heteroatoms. The van der Waals surface area contributed by atoms with Gasteiger partial charge in [-0.1, -0.05) is 11.6 Å². The number of likely N-dealkylation sites (tertiary alicyclic amines) is 1. The van der Waals surface area contributed by atoms with Gasteiger partial charge in [-0.3, -0.25) is 19.5 Å². The van der Waals surface area contributed by atoms with Crippen LogP contribution < -0.4 is 10.1 Å². The first-order valence-corrected chi connectivity index (χ1v) is 11.2. The second kappa shape index (κ2) is 8.18. The molecule has 0 bridgehead atoms. The van der Waals surface area contributed by atoms with Crippen molar-refractivity contribution in [3.05, 3.63) is 46.4 Å². The summed E-state index contributed by atoms with van der Waals surface area (Å²) >= 11 is 7.75. The molecule has 2 aliphatic heterocycles.